The van der Waals surface area contributed by atoms with Gasteiger partial charge in [0.05, 0.1) is 7.11 Å². The maximum Gasteiger partial charge on any atom is 0.345 e. The van der Waals surface area contributed by atoms with Crippen LogP contribution in [0.5, 0.6) is 0 Å². The van der Waals surface area contributed by atoms with Crippen molar-refractivity contribution < 1.29 is 19.0 Å². The smallest absolute Gasteiger partial charge is 0.345 e. The Labute approximate surface area is 82.6 Å². The first-order valence-electron chi connectivity index (χ1n) is 4.73. The molecule has 1 aliphatic heterocycles. The van der Waals surface area contributed by atoms with Gasteiger partial charge in [0.1, 0.15) is 0 Å². The number of hydrogen-bond acceptors (Lipinski definition) is 4. The molecule has 1 fully saturated rings. The van der Waals surface area contributed by atoms with Crippen LogP contribution in [0.25, 0.3) is 0 Å². The van der Waals surface area contributed by atoms with Crippen molar-refractivity contribution in [3.63, 3.8) is 0 Å². The number of aliphatic hydroxyl groups is 1. The molecule has 0 radical (unpaired) electrons. The van der Waals surface area contributed by atoms with Crippen LogP contribution in [0.4, 0.5) is 4.39 Å². The Kier molecular flexibility index (Phi) is 3.83. The molecule has 14 heavy (non-hydrogen) atoms. The lowest BCUT2D eigenvalue weighted by atomic mass is 10.1. The van der Waals surface area contributed by atoms with Gasteiger partial charge in [-0.3, -0.25) is 4.90 Å². The summed E-state index contributed by atoms with van der Waals surface area (Å²) in [6.45, 7) is 1.35. The van der Waals surface area contributed by atoms with Crippen LogP contribution in [0.15, 0.2) is 0 Å². The first kappa shape index (κ1) is 11.4. The standard InChI is InChI=1S/C9H16FNO3/c1-14-8(13)9(10)3-5-11(7-9)4-2-6-12/h12H,2-7H2,1H3. The summed E-state index contributed by atoms with van der Waals surface area (Å²) in [7, 11) is 1.19. The lowest BCUT2D eigenvalue weighted by molar-refractivity contribution is -0.153. The topological polar surface area (TPSA) is 49.8 Å². The summed E-state index contributed by atoms with van der Waals surface area (Å²) < 4.78 is 18.2. The fourth-order valence-electron chi connectivity index (χ4n) is 1.68. The molecular formula is C9H16FNO3. The summed E-state index contributed by atoms with van der Waals surface area (Å²) in [6.07, 6.45) is 0.794. The van der Waals surface area contributed by atoms with Gasteiger partial charge in [-0.2, -0.15) is 0 Å². The molecule has 0 aliphatic carbocycles. The van der Waals surface area contributed by atoms with Crippen LogP contribution in [0.2, 0.25) is 0 Å². The van der Waals surface area contributed by atoms with Gasteiger partial charge in [0.15, 0.2) is 0 Å². The van der Waals surface area contributed by atoms with Crippen LogP contribution >= 0.6 is 0 Å². The van der Waals surface area contributed by atoms with Crippen molar-refractivity contribution in [1.29, 1.82) is 0 Å². The molecule has 5 heteroatoms. The number of likely N-dealkylation sites (tertiary alicyclic amines) is 1. The molecular weight excluding hydrogens is 189 g/mol. The molecule has 0 spiro atoms. The van der Waals surface area contributed by atoms with Crippen molar-refractivity contribution >= 4 is 5.97 Å². The zero-order chi connectivity index (χ0) is 10.6. The van der Waals surface area contributed by atoms with Crippen LogP contribution in [-0.2, 0) is 9.53 Å². The summed E-state index contributed by atoms with van der Waals surface area (Å²) in [5.74, 6) is -0.788. The monoisotopic (exact) mass is 205 g/mol. The molecule has 1 unspecified atom stereocenters. The minimum Gasteiger partial charge on any atom is -0.467 e. The van der Waals surface area contributed by atoms with Crippen LogP contribution in [0.3, 0.4) is 0 Å². The Morgan fingerprint density at radius 3 is 3.00 bits per heavy atom. The Bertz CT molecular complexity index is 212. The summed E-state index contributed by atoms with van der Waals surface area (Å²) >= 11 is 0. The van der Waals surface area contributed by atoms with E-state index in [1.54, 1.807) is 0 Å². The molecule has 1 N–H and O–H groups in total. The predicted octanol–water partition coefficient (Wildman–Crippen LogP) is -0.0442. The minimum atomic E-state index is -1.84. The van der Waals surface area contributed by atoms with Gasteiger partial charge in [-0.15, -0.1) is 0 Å². The van der Waals surface area contributed by atoms with Gasteiger partial charge in [-0.05, 0) is 6.42 Å². The third-order valence-electron chi connectivity index (χ3n) is 2.48. The second kappa shape index (κ2) is 4.70. The number of aliphatic hydroxyl groups excluding tert-OH is 1. The first-order valence-corrected chi connectivity index (χ1v) is 4.73. The molecule has 0 aromatic carbocycles. The number of rotatable bonds is 4. The lowest BCUT2D eigenvalue weighted by Gasteiger charge is -2.18. The van der Waals surface area contributed by atoms with Gasteiger partial charge in [0, 0.05) is 32.7 Å². The highest BCUT2D eigenvalue weighted by molar-refractivity contribution is 5.80. The maximum atomic E-state index is 13.8. The molecule has 0 aromatic heterocycles. The summed E-state index contributed by atoms with van der Waals surface area (Å²) in [4.78, 5) is 12.9. The molecule has 1 heterocycles. The van der Waals surface area contributed by atoms with Crippen molar-refractivity contribution in [2.75, 3.05) is 33.4 Å². The number of alkyl halides is 1. The molecule has 0 amide bonds. The molecule has 1 atom stereocenters. The Balaban J connectivity index is 2.42. The van der Waals surface area contributed by atoms with E-state index in [0.717, 1.165) is 0 Å². The normalized spacial score (nSPS) is 27.9. The van der Waals surface area contributed by atoms with Gasteiger partial charge in [0.2, 0.25) is 5.67 Å². The van der Waals surface area contributed by atoms with Crippen molar-refractivity contribution in [2.45, 2.75) is 18.5 Å². The second-order valence-corrected chi connectivity index (χ2v) is 3.56. The number of nitrogens with zero attached hydrogens (tertiary/aromatic N) is 1. The highest BCUT2D eigenvalue weighted by atomic mass is 19.1. The quantitative estimate of drug-likeness (QED) is 0.654. The number of methoxy groups -OCH3 is 1. The number of hydrogen-bond donors (Lipinski definition) is 1. The van der Waals surface area contributed by atoms with E-state index < -0.39 is 11.6 Å². The average molecular weight is 205 g/mol. The van der Waals surface area contributed by atoms with Gasteiger partial charge in [0.25, 0.3) is 0 Å². The number of carbonyl (C=O) groups excluding carboxylic acids is 1. The Morgan fingerprint density at radius 1 is 1.71 bits per heavy atom. The third kappa shape index (κ3) is 2.42. The first-order chi connectivity index (χ1) is 6.62. The van der Waals surface area contributed by atoms with Gasteiger partial charge in [-0.25, -0.2) is 9.18 Å². The van der Waals surface area contributed by atoms with E-state index in [2.05, 4.69) is 4.74 Å². The SMILES string of the molecule is COC(=O)C1(F)CCN(CCCO)C1. The Morgan fingerprint density at radius 2 is 2.43 bits per heavy atom. The third-order valence-corrected chi connectivity index (χ3v) is 2.48. The van der Waals surface area contributed by atoms with E-state index in [-0.39, 0.29) is 19.6 Å². The largest absolute Gasteiger partial charge is 0.467 e. The molecule has 1 aliphatic rings. The van der Waals surface area contributed by atoms with E-state index in [1.807, 2.05) is 4.90 Å². The number of esters is 1. The fourth-order valence-corrected chi connectivity index (χ4v) is 1.68. The number of ether oxygens (including phenoxy) is 1. The van der Waals surface area contributed by atoms with E-state index >= 15 is 0 Å². The summed E-state index contributed by atoms with van der Waals surface area (Å²) in [6, 6.07) is 0. The molecule has 0 aromatic rings. The zero-order valence-corrected chi connectivity index (χ0v) is 8.33. The highest BCUT2D eigenvalue weighted by Crippen LogP contribution is 2.26. The Hall–Kier alpha value is -0.680. The lowest BCUT2D eigenvalue weighted by Crippen LogP contribution is -2.38. The van der Waals surface area contributed by atoms with Crippen LogP contribution in [0.1, 0.15) is 12.8 Å². The predicted molar refractivity (Wildman–Crippen MR) is 48.6 cm³/mol. The summed E-state index contributed by atoms with van der Waals surface area (Å²) in [5, 5.41) is 8.60. The van der Waals surface area contributed by atoms with Crippen molar-refractivity contribution in [2.24, 2.45) is 0 Å². The molecule has 1 rings (SSSR count). The van der Waals surface area contributed by atoms with E-state index in [0.29, 0.717) is 19.5 Å². The maximum absolute atomic E-state index is 13.8. The van der Waals surface area contributed by atoms with Crippen molar-refractivity contribution in [3.8, 4) is 0 Å². The van der Waals surface area contributed by atoms with Gasteiger partial charge in [-0.1, -0.05) is 0 Å². The molecule has 0 saturated carbocycles. The fraction of sp³-hybridized carbons (Fsp3) is 0.889. The molecule has 1 saturated heterocycles. The van der Waals surface area contributed by atoms with Crippen molar-refractivity contribution in [3.05, 3.63) is 0 Å². The van der Waals surface area contributed by atoms with E-state index in [1.165, 1.54) is 7.11 Å². The molecule has 4 nitrogen and oxygen atoms in total. The van der Waals surface area contributed by atoms with Crippen molar-refractivity contribution in [1.82, 2.24) is 4.90 Å². The van der Waals surface area contributed by atoms with E-state index in [4.69, 9.17) is 5.11 Å². The average Bonchev–Trinajstić information content (AvgIpc) is 2.57. The van der Waals surface area contributed by atoms with Crippen LogP contribution < -0.4 is 0 Å². The second-order valence-electron chi connectivity index (χ2n) is 3.56. The van der Waals surface area contributed by atoms with Crippen LogP contribution in [-0.4, -0.2) is 55.0 Å². The molecule has 82 valence electrons. The summed E-state index contributed by atoms with van der Waals surface area (Å²) in [5.41, 5.74) is -1.84. The van der Waals surface area contributed by atoms with E-state index in [9.17, 15) is 9.18 Å². The van der Waals surface area contributed by atoms with Crippen LogP contribution in [0, 0.1) is 0 Å². The number of carbonyl (C=O) groups is 1. The number of halogens is 1. The van der Waals surface area contributed by atoms with Gasteiger partial charge < -0.3 is 9.84 Å². The minimum absolute atomic E-state index is 0.0830. The highest BCUT2D eigenvalue weighted by Gasteiger charge is 2.45. The zero-order valence-electron chi connectivity index (χ0n) is 8.33. The van der Waals surface area contributed by atoms with Gasteiger partial charge >= 0.3 is 5.97 Å². The molecule has 0 bridgehead atoms.